The topological polar surface area (TPSA) is 47.6 Å². The number of ether oxygens (including phenoxy) is 2. The van der Waals surface area contributed by atoms with Gasteiger partial charge in [-0.3, -0.25) is 4.79 Å². The first-order chi connectivity index (χ1) is 11.7. The summed E-state index contributed by atoms with van der Waals surface area (Å²) in [5, 5.41) is 3.52. The predicted octanol–water partition coefficient (Wildman–Crippen LogP) is 3.97. The molecule has 0 spiro atoms. The van der Waals surface area contributed by atoms with E-state index in [-0.39, 0.29) is 17.9 Å². The van der Waals surface area contributed by atoms with Gasteiger partial charge >= 0.3 is 5.97 Å². The van der Waals surface area contributed by atoms with Crippen molar-refractivity contribution in [2.45, 2.75) is 25.8 Å². The first-order valence-corrected chi connectivity index (χ1v) is 8.38. The zero-order chi connectivity index (χ0) is 16.9. The molecule has 0 bridgehead atoms. The van der Waals surface area contributed by atoms with Gasteiger partial charge in [-0.05, 0) is 55.2 Å². The van der Waals surface area contributed by atoms with Crippen LogP contribution in [0.2, 0.25) is 0 Å². The van der Waals surface area contributed by atoms with Crippen molar-refractivity contribution in [3.05, 3.63) is 59.7 Å². The highest BCUT2D eigenvalue weighted by molar-refractivity contribution is 5.75. The molecule has 0 fully saturated rings. The van der Waals surface area contributed by atoms with Crippen molar-refractivity contribution in [3.8, 4) is 5.75 Å². The van der Waals surface area contributed by atoms with Gasteiger partial charge in [-0.15, -0.1) is 0 Å². The molecule has 1 aliphatic rings. The molecule has 1 aliphatic carbocycles. The number of esters is 1. The highest BCUT2D eigenvalue weighted by Gasteiger charge is 2.35. The maximum Gasteiger partial charge on any atom is 0.311 e. The summed E-state index contributed by atoms with van der Waals surface area (Å²) in [6.07, 6.45) is 1.70. The summed E-state index contributed by atoms with van der Waals surface area (Å²) in [7, 11) is 1.65. The van der Waals surface area contributed by atoms with E-state index in [0.717, 1.165) is 24.3 Å². The van der Waals surface area contributed by atoms with Crippen molar-refractivity contribution in [2.75, 3.05) is 19.0 Å². The number of aryl methyl sites for hydroxylation is 1. The summed E-state index contributed by atoms with van der Waals surface area (Å²) in [5.41, 5.74) is 3.44. The monoisotopic (exact) mass is 325 g/mol. The Hall–Kier alpha value is -2.49. The van der Waals surface area contributed by atoms with Crippen LogP contribution in [0.5, 0.6) is 5.75 Å². The minimum Gasteiger partial charge on any atom is -0.497 e. The molecule has 24 heavy (non-hydrogen) atoms. The molecule has 0 saturated carbocycles. The molecule has 3 rings (SSSR count). The van der Waals surface area contributed by atoms with E-state index in [1.165, 1.54) is 11.1 Å². The Morgan fingerprint density at radius 1 is 1.17 bits per heavy atom. The van der Waals surface area contributed by atoms with E-state index in [9.17, 15) is 4.79 Å². The summed E-state index contributed by atoms with van der Waals surface area (Å²) in [6, 6.07) is 16.0. The average Bonchev–Trinajstić information content (AvgIpc) is 2.63. The van der Waals surface area contributed by atoms with Gasteiger partial charge in [0.1, 0.15) is 5.75 Å². The van der Waals surface area contributed by atoms with Crippen molar-refractivity contribution < 1.29 is 14.3 Å². The zero-order valence-corrected chi connectivity index (χ0v) is 14.1. The maximum atomic E-state index is 12.4. The summed E-state index contributed by atoms with van der Waals surface area (Å²) in [6.45, 7) is 2.26. The summed E-state index contributed by atoms with van der Waals surface area (Å²) in [5.74, 6) is 0.506. The molecule has 126 valence electrons. The van der Waals surface area contributed by atoms with E-state index in [1.54, 1.807) is 7.11 Å². The van der Waals surface area contributed by atoms with Gasteiger partial charge in [-0.2, -0.15) is 0 Å². The molecule has 0 aromatic heterocycles. The van der Waals surface area contributed by atoms with E-state index >= 15 is 0 Å². The van der Waals surface area contributed by atoms with E-state index in [0.29, 0.717) is 6.61 Å². The van der Waals surface area contributed by atoms with Gasteiger partial charge in [0.05, 0.1) is 25.7 Å². The minimum atomic E-state index is -0.179. The number of nitrogens with one attached hydrogen (secondary N) is 1. The van der Waals surface area contributed by atoms with Crippen molar-refractivity contribution in [1.82, 2.24) is 0 Å². The molecule has 0 heterocycles. The number of hydrogen-bond donors (Lipinski definition) is 1. The Kier molecular flexibility index (Phi) is 5.04. The Morgan fingerprint density at radius 2 is 1.92 bits per heavy atom. The van der Waals surface area contributed by atoms with Crippen molar-refractivity contribution in [1.29, 1.82) is 0 Å². The lowest BCUT2D eigenvalue weighted by molar-refractivity contribution is -0.149. The molecule has 4 heteroatoms. The highest BCUT2D eigenvalue weighted by atomic mass is 16.5. The molecule has 0 aliphatic heterocycles. The van der Waals surface area contributed by atoms with Crippen LogP contribution in [0.15, 0.2) is 48.5 Å². The number of methoxy groups -OCH3 is 1. The lowest BCUT2D eigenvalue weighted by atomic mass is 9.79. The zero-order valence-electron chi connectivity index (χ0n) is 14.1. The maximum absolute atomic E-state index is 12.4. The van der Waals surface area contributed by atoms with Crippen LogP contribution in [0.25, 0.3) is 0 Å². The van der Waals surface area contributed by atoms with Crippen LogP contribution in [-0.4, -0.2) is 19.7 Å². The van der Waals surface area contributed by atoms with Crippen LogP contribution < -0.4 is 10.1 Å². The fourth-order valence-corrected chi connectivity index (χ4v) is 3.31. The van der Waals surface area contributed by atoms with Crippen LogP contribution in [-0.2, 0) is 16.0 Å². The minimum absolute atomic E-state index is 0.0811. The van der Waals surface area contributed by atoms with Crippen LogP contribution in [0.3, 0.4) is 0 Å². The molecule has 0 radical (unpaired) electrons. The molecule has 2 atom stereocenters. The lowest BCUT2D eigenvalue weighted by Gasteiger charge is -2.33. The smallest absolute Gasteiger partial charge is 0.311 e. The van der Waals surface area contributed by atoms with Gasteiger partial charge in [0.2, 0.25) is 0 Å². The molecule has 0 saturated heterocycles. The van der Waals surface area contributed by atoms with Crippen LogP contribution >= 0.6 is 0 Å². The van der Waals surface area contributed by atoms with Crippen molar-refractivity contribution in [3.63, 3.8) is 0 Å². The SMILES string of the molecule is CCOC(=O)[C@H]1CCc2ccccc2[C@@H]1Nc1ccc(OC)cc1. The fraction of sp³-hybridized carbons (Fsp3) is 0.350. The van der Waals surface area contributed by atoms with Gasteiger partial charge in [0.25, 0.3) is 0 Å². The number of rotatable bonds is 5. The Morgan fingerprint density at radius 3 is 2.62 bits per heavy atom. The third kappa shape index (κ3) is 3.37. The van der Waals surface area contributed by atoms with Gasteiger partial charge < -0.3 is 14.8 Å². The van der Waals surface area contributed by atoms with Gasteiger partial charge in [0.15, 0.2) is 0 Å². The number of anilines is 1. The van der Waals surface area contributed by atoms with Gasteiger partial charge in [-0.1, -0.05) is 24.3 Å². The van der Waals surface area contributed by atoms with Gasteiger partial charge in [0, 0.05) is 5.69 Å². The van der Waals surface area contributed by atoms with Crippen molar-refractivity contribution in [2.24, 2.45) is 5.92 Å². The molecular formula is C20H23NO3. The van der Waals surface area contributed by atoms with E-state index in [2.05, 4.69) is 17.4 Å². The Bertz CT molecular complexity index is 696. The third-order valence-electron chi connectivity index (χ3n) is 4.52. The molecule has 2 aromatic carbocycles. The second kappa shape index (κ2) is 7.39. The number of benzene rings is 2. The van der Waals surface area contributed by atoms with E-state index < -0.39 is 0 Å². The molecule has 2 aromatic rings. The van der Waals surface area contributed by atoms with E-state index in [4.69, 9.17) is 9.47 Å². The van der Waals surface area contributed by atoms with E-state index in [1.807, 2.05) is 43.3 Å². The van der Waals surface area contributed by atoms with Crippen LogP contribution in [0, 0.1) is 5.92 Å². The van der Waals surface area contributed by atoms with Crippen LogP contribution in [0.1, 0.15) is 30.5 Å². The molecule has 4 nitrogen and oxygen atoms in total. The standard InChI is InChI=1S/C20H23NO3/c1-3-24-20(22)18-13-8-14-6-4-5-7-17(14)19(18)21-15-9-11-16(23-2)12-10-15/h4-7,9-12,18-19,21H,3,8,13H2,1-2H3/t18-,19-/m0/s1. The highest BCUT2D eigenvalue weighted by Crippen LogP contribution is 2.37. The summed E-state index contributed by atoms with van der Waals surface area (Å²) < 4.78 is 10.5. The summed E-state index contributed by atoms with van der Waals surface area (Å²) >= 11 is 0. The number of carbonyl (C=O) groups excluding carboxylic acids is 1. The van der Waals surface area contributed by atoms with Gasteiger partial charge in [-0.25, -0.2) is 0 Å². The Labute approximate surface area is 142 Å². The average molecular weight is 325 g/mol. The number of fused-ring (bicyclic) bond motifs is 1. The quantitative estimate of drug-likeness (QED) is 0.845. The normalized spacial score (nSPS) is 19.2. The third-order valence-corrected chi connectivity index (χ3v) is 4.52. The molecule has 1 N–H and O–H groups in total. The fourth-order valence-electron chi connectivity index (χ4n) is 3.31. The first kappa shape index (κ1) is 16.4. The summed E-state index contributed by atoms with van der Waals surface area (Å²) in [4.78, 5) is 12.4. The largest absolute Gasteiger partial charge is 0.497 e. The molecule has 0 amide bonds. The van der Waals surface area contributed by atoms with Crippen LogP contribution in [0.4, 0.5) is 5.69 Å². The van der Waals surface area contributed by atoms with Crippen molar-refractivity contribution >= 4 is 11.7 Å². The second-order valence-electron chi connectivity index (χ2n) is 5.95. The Balaban J connectivity index is 1.90. The molecule has 0 unspecified atom stereocenters. The lowest BCUT2D eigenvalue weighted by Crippen LogP contribution is -2.33. The predicted molar refractivity (Wildman–Crippen MR) is 94.2 cm³/mol. The second-order valence-corrected chi connectivity index (χ2v) is 5.95. The first-order valence-electron chi connectivity index (χ1n) is 8.38. The number of hydrogen-bond acceptors (Lipinski definition) is 4. The number of carbonyl (C=O) groups is 1. The molecular weight excluding hydrogens is 302 g/mol.